The molecule has 1 atom stereocenters. The number of aromatic amines is 1. The zero-order valence-corrected chi connectivity index (χ0v) is 20.7. The number of hydrogen-bond donors (Lipinski definition) is 2. The van der Waals surface area contributed by atoms with E-state index in [1.807, 2.05) is 26.8 Å². The van der Waals surface area contributed by atoms with Crippen LogP contribution in [0.5, 0.6) is 0 Å². The second-order valence-electron chi connectivity index (χ2n) is 9.95. The van der Waals surface area contributed by atoms with Gasteiger partial charge in [-0.2, -0.15) is 0 Å². The van der Waals surface area contributed by atoms with Crippen LogP contribution in [0.2, 0.25) is 0 Å². The van der Waals surface area contributed by atoms with Crippen molar-refractivity contribution in [2.45, 2.75) is 39.0 Å². The van der Waals surface area contributed by atoms with Gasteiger partial charge in [-0.1, -0.05) is 20.8 Å². The average molecular weight is 487 g/mol. The number of rotatable bonds is 5. The van der Waals surface area contributed by atoms with Crippen molar-refractivity contribution in [1.29, 1.82) is 0 Å². The van der Waals surface area contributed by atoms with E-state index in [2.05, 4.69) is 14.7 Å². The maximum atomic E-state index is 13.5. The number of aromatic nitrogens is 2. The van der Waals surface area contributed by atoms with Gasteiger partial charge in [0.1, 0.15) is 17.5 Å². The van der Waals surface area contributed by atoms with Gasteiger partial charge in [-0.3, -0.25) is 9.59 Å². The fourth-order valence-electron chi connectivity index (χ4n) is 4.41. The Bertz CT molecular complexity index is 1380. The summed E-state index contributed by atoms with van der Waals surface area (Å²) in [7, 11) is -3.29. The zero-order valence-electron chi connectivity index (χ0n) is 19.8. The molecule has 4 rings (SSSR count). The van der Waals surface area contributed by atoms with Gasteiger partial charge in [-0.15, -0.1) is 0 Å². The standard InChI is InChI=1S/C24H30N4O5S/c1-24(2,3)19-11-16(20-22(29)26-8-7-25-20)10-17-18(14-33-21(17)19)23(30)28-9-5-6-15(13-28)12-27-34(4,31)32/h7-8,10-11,14-15,27H,5-6,9,12-13H2,1-4H3,(H,26,29). The van der Waals surface area contributed by atoms with Gasteiger partial charge in [-0.05, 0) is 36.3 Å². The number of carbonyl (C=O) groups is 1. The lowest BCUT2D eigenvalue weighted by atomic mass is 9.84. The number of benzene rings is 1. The number of nitrogens with zero attached hydrogens (tertiary/aromatic N) is 2. The molecule has 3 aromatic rings. The van der Waals surface area contributed by atoms with Crippen molar-refractivity contribution < 1.29 is 17.6 Å². The molecule has 1 fully saturated rings. The van der Waals surface area contributed by atoms with E-state index in [9.17, 15) is 18.0 Å². The Labute approximate surface area is 198 Å². The van der Waals surface area contributed by atoms with Crippen molar-refractivity contribution in [3.05, 3.63) is 52.3 Å². The molecule has 34 heavy (non-hydrogen) atoms. The Kier molecular flexibility index (Phi) is 6.39. The highest BCUT2D eigenvalue weighted by Crippen LogP contribution is 2.36. The van der Waals surface area contributed by atoms with Crippen LogP contribution in [0.4, 0.5) is 0 Å². The average Bonchev–Trinajstić information content (AvgIpc) is 3.20. The smallest absolute Gasteiger partial charge is 0.274 e. The van der Waals surface area contributed by atoms with Gasteiger partial charge in [0.25, 0.3) is 11.5 Å². The fraction of sp³-hybridized carbons (Fsp3) is 0.458. The minimum absolute atomic E-state index is 0.0402. The first-order chi connectivity index (χ1) is 15.9. The highest BCUT2D eigenvalue weighted by atomic mass is 32.2. The molecule has 0 saturated carbocycles. The number of amides is 1. The summed E-state index contributed by atoms with van der Waals surface area (Å²) < 4.78 is 31.4. The molecule has 2 aromatic heterocycles. The van der Waals surface area contributed by atoms with Crippen LogP contribution in [0.3, 0.4) is 0 Å². The molecular formula is C24H30N4O5S. The lowest BCUT2D eigenvalue weighted by molar-refractivity contribution is 0.0677. The third-order valence-electron chi connectivity index (χ3n) is 6.13. The van der Waals surface area contributed by atoms with Gasteiger partial charge in [0.2, 0.25) is 10.0 Å². The van der Waals surface area contributed by atoms with E-state index >= 15 is 0 Å². The van der Waals surface area contributed by atoms with Crippen molar-refractivity contribution in [3.63, 3.8) is 0 Å². The fourth-order valence-corrected chi connectivity index (χ4v) is 4.95. The number of fused-ring (bicyclic) bond motifs is 1. The summed E-state index contributed by atoms with van der Waals surface area (Å²) in [5.41, 5.74) is 2.18. The molecule has 0 bridgehead atoms. The SMILES string of the molecule is CC(C)(C)c1cc(-c2ncc[nH]c2=O)cc2c(C(=O)N3CCCC(CNS(C)(=O)=O)C3)coc12. The Morgan fingerprint density at radius 3 is 2.76 bits per heavy atom. The second-order valence-corrected chi connectivity index (χ2v) is 11.8. The summed E-state index contributed by atoms with van der Waals surface area (Å²) >= 11 is 0. The van der Waals surface area contributed by atoms with Crippen LogP contribution in [-0.2, 0) is 15.4 Å². The number of furan rings is 1. The molecule has 1 aliphatic rings. The number of hydrogen-bond acceptors (Lipinski definition) is 6. The Morgan fingerprint density at radius 1 is 1.32 bits per heavy atom. The Balaban J connectivity index is 1.73. The van der Waals surface area contributed by atoms with E-state index in [0.29, 0.717) is 41.7 Å². The second kappa shape index (κ2) is 8.99. The van der Waals surface area contributed by atoms with E-state index in [1.54, 1.807) is 11.0 Å². The monoisotopic (exact) mass is 486 g/mol. The van der Waals surface area contributed by atoms with Crippen LogP contribution in [0.25, 0.3) is 22.2 Å². The number of H-pyrrole nitrogens is 1. The van der Waals surface area contributed by atoms with Crippen LogP contribution in [0.15, 0.2) is 40.0 Å². The topological polar surface area (TPSA) is 125 Å². The molecule has 9 nitrogen and oxygen atoms in total. The normalized spacial score (nSPS) is 17.3. The summed E-state index contributed by atoms with van der Waals surface area (Å²) in [4.78, 5) is 34.6. The molecule has 1 aromatic carbocycles. The summed E-state index contributed by atoms with van der Waals surface area (Å²) in [5, 5.41) is 0.633. The maximum absolute atomic E-state index is 13.5. The van der Waals surface area contributed by atoms with Crippen molar-refractivity contribution in [2.24, 2.45) is 5.92 Å². The lowest BCUT2D eigenvalue weighted by Crippen LogP contribution is -2.43. The van der Waals surface area contributed by atoms with E-state index in [4.69, 9.17) is 4.42 Å². The molecule has 1 amide bonds. The molecule has 1 saturated heterocycles. The number of likely N-dealkylation sites (tertiary alicyclic amines) is 1. The first-order valence-corrected chi connectivity index (χ1v) is 13.2. The van der Waals surface area contributed by atoms with Gasteiger partial charge in [0, 0.05) is 48.5 Å². The van der Waals surface area contributed by atoms with Crippen molar-refractivity contribution in [3.8, 4) is 11.3 Å². The van der Waals surface area contributed by atoms with E-state index in [-0.39, 0.29) is 28.5 Å². The van der Waals surface area contributed by atoms with Crippen LogP contribution < -0.4 is 10.3 Å². The minimum Gasteiger partial charge on any atom is -0.463 e. The number of piperidine rings is 1. The van der Waals surface area contributed by atoms with Gasteiger partial charge in [0.05, 0.1) is 11.8 Å². The van der Waals surface area contributed by atoms with Crippen molar-refractivity contribution in [1.82, 2.24) is 19.6 Å². The summed E-state index contributed by atoms with van der Waals surface area (Å²) in [5.74, 6) is -0.131. The summed E-state index contributed by atoms with van der Waals surface area (Å²) in [6.45, 7) is 7.48. The molecule has 10 heteroatoms. The molecular weight excluding hydrogens is 456 g/mol. The van der Waals surface area contributed by atoms with Crippen LogP contribution in [0, 0.1) is 5.92 Å². The molecule has 1 unspecified atom stereocenters. The van der Waals surface area contributed by atoms with Gasteiger partial charge < -0.3 is 14.3 Å². The Hall–Kier alpha value is -2.98. The predicted molar refractivity (Wildman–Crippen MR) is 130 cm³/mol. The van der Waals surface area contributed by atoms with Crippen LogP contribution in [-0.4, -0.2) is 55.1 Å². The van der Waals surface area contributed by atoms with Gasteiger partial charge in [0.15, 0.2) is 0 Å². The van der Waals surface area contributed by atoms with E-state index < -0.39 is 10.0 Å². The summed E-state index contributed by atoms with van der Waals surface area (Å²) in [6.07, 6.45) is 7.25. The van der Waals surface area contributed by atoms with E-state index in [0.717, 1.165) is 24.7 Å². The molecule has 0 aliphatic carbocycles. The van der Waals surface area contributed by atoms with Gasteiger partial charge >= 0.3 is 0 Å². The third kappa shape index (κ3) is 5.07. The number of carbonyl (C=O) groups excluding carboxylic acids is 1. The zero-order chi connectivity index (χ0) is 24.7. The number of nitrogens with one attached hydrogen (secondary N) is 2. The molecule has 1 aliphatic heterocycles. The number of sulfonamides is 1. The predicted octanol–water partition coefficient (Wildman–Crippen LogP) is 2.88. The largest absolute Gasteiger partial charge is 0.463 e. The molecule has 3 heterocycles. The van der Waals surface area contributed by atoms with Crippen LogP contribution >= 0.6 is 0 Å². The van der Waals surface area contributed by atoms with E-state index in [1.165, 1.54) is 18.7 Å². The molecule has 0 radical (unpaired) electrons. The highest BCUT2D eigenvalue weighted by Gasteiger charge is 2.29. The first kappa shape index (κ1) is 24.2. The minimum atomic E-state index is -3.29. The van der Waals surface area contributed by atoms with Crippen LogP contribution in [0.1, 0.15) is 49.5 Å². The first-order valence-electron chi connectivity index (χ1n) is 11.3. The quantitative estimate of drug-likeness (QED) is 0.571. The molecule has 0 spiro atoms. The van der Waals surface area contributed by atoms with Crippen molar-refractivity contribution >= 4 is 26.9 Å². The third-order valence-corrected chi connectivity index (χ3v) is 6.82. The summed E-state index contributed by atoms with van der Waals surface area (Å²) in [6, 6.07) is 3.68. The highest BCUT2D eigenvalue weighted by molar-refractivity contribution is 7.88. The molecule has 182 valence electrons. The van der Waals surface area contributed by atoms with Gasteiger partial charge in [-0.25, -0.2) is 18.1 Å². The maximum Gasteiger partial charge on any atom is 0.274 e. The van der Waals surface area contributed by atoms with Crippen molar-refractivity contribution in [2.75, 3.05) is 25.9 Å². The Morgan fingerprint density at radius 2 is 2.09 bits per heavy atom. The lowest BCUT2D eigenvalue weighted by Gasteiger charge is -2.32. The molecule has 2 N–H and O–H groups in total.